The van der Waals surface area contributed by atoms with E-state index in [2.05, 4.69) is 20.8 Å². The number of aromatic amines is 1. The first-order valence-electron chi connectivity index (χ1n) is 13.0. The molecule has 5 aromatic rings. The molecule has 0 spiro atoms. The van der Waals surface area contributed by atoms with E-state index in [4.69, 9.17) is 24.2 Å². The molecule has 0 saturated heterocycles. The number of rotatable bonds is 11. The van der Waals surface area contributed by atoms with Crippen LogP contribution in [0.3, 0.4) is 0 Å². The minimum Gasteiger partial charge on any atom is -0.493 e. The Kier molecular flexibility index (Phi) is 9.84. The predicted octanol–water partition coefficient (Wildman–Crippen LogP) is 5.98. The first kappa shape index (κ1) is 28.3. The van der Waals surface area contributed by atoms with Gasteiger partial charge in [0, 0.05) is 54.4 Å². The monoisotopic (exact) mass is 542 g/mol. The Bertz CT molecular complexity index is 1570. The van der Waals surface area contributed by atoms with Gasteiger partial charge in [-0.1, -0.05) is 19.1 Å². The fraction of sp³-hybridized carbons (Fsp3) is 0.267. The molecule has 2 heterocycles. The van der Waals surface area contributed by atoms with E-state index >= 15 is 0 Å². The number of anilines is 3. The van der Waals surface area contributed by atoms with Crippen LogP contribution in [0.25, 0.3) is 33.2 Å². The number of methoxy groups -OCH3 is 2. The minimum absolute atomic E-state index is 0.399. The summed E-state index contributed by atoms with van der Waals surface area (Å²) in [6.45, 7) is 2.85. The first-order valence-corrected chi connectivity index (χ1v) is 13.0. The molecule has 10 nitrogen and oxygen atoms in total. The number of carbonyl (C=O) groups is 1. The van der Waals surface area contributed by atoms with Gasteiger partial charge in [0.25, 0.3) is 0 Å². The molecule has 0 aliphatic rings. The van der Waals surface area contributed by atoms with E-state index in [1.165, 1.54) is 0 Å². The summed E-state index contributed by atoms with van der Waals surface area (Å²) in [7, 11) is 5.14. The maximum Gasteiger partial charge on any atom is 0.163 e. The maximum atomic E-state index is 9.40. The van der Waals surface area contributed by atoms with Gasteiger partial charge in [0.1, 0.15) is 18.7 Å². The molecule has 3 aromatic carbocycles. The van der Waals surface area contributed by atoms with E-state index in [0.29, 0.717) is 42.8 Å². The van der Waals surface area contributed by atoms with Crippen molar-refractivity contribution in [2.75, 3.05) is 45.1 Å². The van der Waals surface area contributed by atoms with Crippen LogP contribution in [-0.4, -0.2) is 60.9 Å². The number of benzene rings is 3. The van der Waals surface area contributed by atoms with Gasteiger partial charge in [-0.25, -0.2) is 9.97 Å². The van der Waals surface area contributed by atoms with Gasteiger partial charge in [0.05, 0.1) is 30.9 Å². The van der Waals surface area contributed by atoms with Crippen LogP contribution in [0.1, 0.15) is 19.8 Å². The lowest BCUT2D eigenvalue weighted by atomic mass is 10.1. The molecule has 0 aliphatic carbocycles. The summed E-state index contributed by atoms with van der Waals surface area (Å²) in [5, 5.41) is 15.5. The third-order valence-electron chi connectivity index (χ3n) is 6.05. The van der Waals surface area contributed by atoms with Gasteiger partial charge in [0.15, 0.2) is 17.3 Å². The molecule has 5 rings (SSSR count). The molecule has 0 amide bonds. The van der Waals surface area contributed by atoms with E-state index in [0.717, 1.165) is 51.5 Å². The molecule has 10 heteroatoms. The van der Waals surface area contributed by atoms with Crippen molar-refractivity contribution in [3.05, 3.63) is 60.8 Å². The summed E-state index contributed by atoms with van der Waals surface area (Å²) in [5.74, 6) is 2.44. The summed E-state index contributed by atoms with van der Waals surface area (Å²) < 4.78 is 16.6. The molecule has 0 aliphatic heterocycles. The van der Waals surface area contributed by atoms with Crippen molar-refractivity contribution in [1.82, 2.24) is 20.2 Å². The smallest absolute Gasteiger partial charge is 0.163 e. The molecule has 0 unspecified atom stereocenters. The number of hydrogen-bond donors (Lipinski definition) is 3. The lowest BCUT2D eigenvalue weighted by molar-refractivity contribution is -0.107. The third-order valence-corrected chi connectivity index (χ3v) is 6.05. The number of hydrogen-bond acceptors (Lipinski definition) is 9. The largest absolute Gasteiger partial charge is 0.493 e. The number of aromatic nitrogens is 4. The van der Waals surface area contributed by atoms with E-state index in [-0.39, 0.29) is 0 Å². The average Bonchev–Trinajstić information content (AvgIpc) is 3.46. The van der Waals surface area contributed by atoms with Crippen LogP contribution in [0.5, 0.6) is 11.5 Å². The van der Waals surface area contributed by atoms with Crippen molar-refractivity contribution < 1.29 is 19.0 Å². The first-order chi connectivity index (χ1) is 19.6. The highest BCUT2D eigenvalue weighted by Crippen LogP contribution is 2.37. The number of ether oxygens (including phenoxy) is 3. The Morgan fingerprint density at radius 2 is 1.85 bits per heavy atom. The number of nitrogens with zero attached hydrogens (tertiary/aromatic N) is 3. The molecule has 0 saturated carbocycles. The Balaban J connectivity index is 0.000000681. The third kappa shape index (κ3) is 6.83. The van der Waals surface area contributed by atoms with Crippen LogP contribution >= 0.6 is 0 Å². The fourth-order valence-electron chi connectivity index (χ4n) is 3.96. The van der Waals surface area contributed by atoms with Crippen LogP contribution in [0, 0.1) is 0 Å². The molecular weight excluding hydrogens is 508 g/mol. The fourth-order valence-corrected chi connectivity index (χ4v) is 3.96. The van der Waals surface area contributed by atoms with Crippen molar-refractivity contribution >= 4 is 45.3 Å². The van der Waals surface area contributed by atoms with E-state index in [1.807, 2.05) is 68.6 Å². The zero-order chi connectivity index (χ0) is 28.3. The molecule has 0 fully saturated rings. The Morgan fingerprint density at radius 3 is 2.58 bits per heavy atom. The molecular formula is C30H34N6O4. The zero-order valence-electron chi connectivity index (χ0n) is 23.2. The molecule has 3 N–H and O–H groups in total. The number of carbonyl (C=O) groups excluding carboxylic acids is 1. The van der Waals surface area contributed by atoms with Gasteiger partial charge in [-0.05, 0) is 42.8 Å². The average molecular weight is 543 g/mol. The second-order valence-corrected chi connectivity index (χ2v) is 8.84. The minimum atomic E-state index is 0.399. The zero-order valence-corrected chi connectivity index (χ0v) is 23.2. The van der Waals surface area contributed by atoms with Gasteiger partial charge in [-0.3, -0.25) is 5.10 Å². The number of nitrogens with one attached hydrogen (secondary N) is 3. The SMILES string of the molecule is CCCC=O.CNc1cccc(-c2nc(Nc3ccc4[nH]ncc4c3)c3cc(OC)c(OCCOC)cc3n2)c1. The molecule has 2 aromatic heterocycles. The van der Waals surface area contributed by atoms with Gasteiger partial charge in [0.2, 0.25) is 0 Å². The van der Waals surface area contributed by atoms with Crippen LogP contribution in [0.2, 0.25) is 0 Å². The standard InChI is InChI=1S/C26H26N6O3.C4H8O/c1-27-18-6-4-5-16(11-18)25-30-22-14-24(35-10-9-33-2)23(34-3)13-20(22)26(31-25)29-19-7-8-21-17(12-19)15-28-32-21;1-2-3-4-5/h4-8,11-15,27H,9-10H2,1-3H3,(H,28,32)(H,29,30,31);4H,2-3H2,1H3. The number of aldehydes is 1. The van der Waals surface area contributed by atoms with E-state index in [1.54, 1.807) is 20.4 Å². The van der Waals surface area contributed by atoms with Crippen LogP contribution in [0.4, 0.5) is 17.2 Å². The van der Waals surface area contributed by atoms with Crippen LogP contribution < -0.4 is 20.1 Å². The van der Waals surface area contributed by atoms with Gasteiger partial charge >= 0.3 is 0 Å². The highest BCUT2D eigenvalue weighted by atomic mass is 16.5. The molecule has 208 valence electrons. The summed E-state index contributed by atoms with van der Waals surface area (Å²) in [6, 6.07) is 17.7. The topological polar surface area (TPSA) is 123 Å². The summed E-state index contributed by atoms with van der Waals surface area (Å²) in [5.41, 5.74) is 4.44. The normalized spacial score (nSPS) is 10.6. The number of unbranched alkanes of at least 4 members (excludes halogenated alkanes) is 1. The molecule has 0 atom stereocenters. The van der Waals surface area contributed by atoms with Gasteiger partial charge in [-0.15, -0.1) is 0 Å². The van der Waals surface area contributed by atoms with Crippen molar-refractivity contribution in [3.63, 3.8) is 0 Å². The summed E-state index contributed by atoms with van der Waals surface area (Å²) in [6.07, 6.45) is 4.41. The van der Waals surface area contributed by atoms with E-state index in [9.17, 15) is 4.79 Å². The Labute approximate surface area is 233 Å². The highest BCUT2D eigenvalue weighted by Gasteiger charge is 2.16. The molecule has 0 radical (unpaired) electrons. The Hall–Kier alpha value is -4.70. The quantitative estimate of drug-likeness (QED) is 0.137. The maximum absolute atomic E-state index is 9.40. The van der Waals surface area contributed by atoms with Crippen molar-refractivity contribution in [2.45, 2.75) is 19.8 Å². The highest BCUT2D eigenvalue weighted by molar-refractivity contribution is 5.95. The lowest BCUT2D eigenvalue weighted by Crippen LogP contribution is -2.06. The molecule has 40 heavy (non-hydrogen) atoms. The van der Waals surface area contributed by atoms with Crippen molar-refractivity contribution in [2.24, 2.45) is 0 Å². The van der Waals surface area contributed by atoms with Gasteiger partial charge < -0.3 is 29.6 Å². The van der Waals surface area contributed by atoms with Crippen LogP contribution in [-0.2, 0) is 9.53 Å². The second kappa shape index (κ2) is 13.9. The van der Waals surface area contributed by atoms with Crippen molar-refractivity contribution in [3.8, 4) is 22.9 Å². The number of H-pyrrole nitrogens is 1. The van der Waals surface area contributed by atoms with Crippen LogP contribution in [0.15, 0.2) is 60.8 Å². The predicted molar refractivity (Wildman–Crippen MR) is 159 cm³/mol. The van der Waals surface area contributed by atoms with E-state index < -0.39 is 0 Å². The second-order valence-electron chi connectivity index (χ2n) is 8.84. The van der Waals surface area contributed by atoms with Crippen molar-refractivity contribution in [1.29, 1.82) is 0 Å². The van der Waals surface area contributed by atoms with Gasteiger partial charge in [-0.2, -0.15) is 5.10 Å². The lowest BCUT2D eigenvalue weighted by Gasteiger charge is -2.15. The number of fused-ring (bicyclic) bond motifs is 2. The molecule has 0 bridgehead atoms. The Morgan fingerprint density at radius 1 is 0.975 bits per heavy atom. The summed E-state index contributed by atoms with van der Waals surface area (Å²) >= 11 is 0. The summed E-state index contributed by atoms with van der Waals surface area (Å²) in [4.78, 5) is 19.2.